The van der Waals surface area contributed by atoms with Gasteiger partial charge >= 0.3 is 5.97 Å². The molecule has 2 N–H and O–H groups in total. The molecule has 0 amide bonds. The lowest BCUT2D eigenvalue weighted by Crippen LogP contribution is -2.36. The van der Waals surface area contributed by atoms with E-state index >= 15 is 0 Å². The maximum atomic E-state index is 11.6. The van der Waals surface area contributed by atoms with Gasteiger partial charge in [-0.05, 0) is 30.4 Å². The number of rotatable bonds is 5. The number of benzene rings is 1. The van der Waals surface area contributed by atoms with E-state index in [9.17, 15) is 14.9 Å². The quantitative estimate of drug-likeness (QED) is 0.505. The van der Waals surface area contributed by atoms with E-state index < -0.39 is 16.9 Å². The first kappa shape index (κ1) is 17.2. The van der Waals surface area contributed by atoms with Crippen LogP contribution in [0, 0.1) is 16.0 Å². The minimum Gasteiger partial charge on any atom is -0.468 e. The first-order valence-electron chi connectivity index (χ1n) is 7.78. The van der Waals surface area contributed by atoms with Gasteiger partial charge in [0, 0.05) is 37.3 Å². The molecule has 0 aliphatic carbocycles. The Morgan fingerprint density at radius 2 is 2.13 bits per heavy atom. The van der Waals surface area contributed by atoms with Gasteiger partial charge in [0.15, 0.2) is 0 Å². The fourth-order valence-electron chi connectivity index (χ4n) is 2.88. The summed E-state index contributed by atoms with van der Waals surface area (Å²) >= 11 is 0. The zero-order valence-electron chi connectivity index (χ0n) is 13.5. The minimum absolute atomic E-state index is 0.00573. The van der Waals surface area contributed by atoms with Crippen LogP contribution >= 0.6 is 0 Å². The number of non-ortho nitro benzene ring substituents is 1. The SMILES string of the molecule is COC(=O)C(N)Cc1cc([N+](=O)[O-])ccc1N1CCC(C)CC1. The Balaban J connectivity index is 2.29. The van der Waals surface area contributed by atoms with Crippen LogP contribution < -0.4 is 10.6 Å². The van der Waals surface area contributed by atoms with E-state index in [0.29, 0.717) is 11.5 Å². The zero-order chi connectivity index (χ0) is 17.0. The van der Waals surface area contributed by atoms with Gasteiger partial charge in [0.1, 0.15) is 6.04 Å². The van der Waals surface area contributed by atoms with Crippen molar-refractivity contribution < 1.29 is 14.5 Å². The molecular formula is C16H23N3O4. The van der Waals surface area contributed by atoms with Crippen LogP contribution in [0.3, 0.4) is 0 Å². The molecule has 1 heterocycles. The van der Waals surface area contributed by atoms with Crippen molar-refractivity contribution in [3.63, 3.8) is 0 Å². The number of nitro groups is 1. The van der Waals surface area contributed by atoms with Crippen LogP contribution in [0.1, 0.15) is 25.3 Å². The summed E-state index contributed by atoms with van der Waals surface area (Å²) < 4.78 is 4.65. The standard InChI is InChI=1S/C16H23N3O4/c1-11-5-7-18(8-6-11)15-4-3-13(19(21)22)9-12(15)10-14(17)16(20)23-2/h3-4,9,11,14H,5-8,10,17H2,1-2H3. The first-order chi connectivity index (χ1) is 10.9. The van der Waals surface area contributed by atoms with Gasteiger partial charge in [-0.2, -0.15) is 0 Å². The average Bonchev–Trinajstić information content (AvgIpc) is 2.54. The van der Waals surface area contributed by atoms with Crippen LogP contribution in [0.25, 0.3) is 0 Å². The monoisotopic (exact) mass is 321 g/mol. The Hall–Kier alpha value is -2.15. The van der Waals surface area contributed by atoms with Gasteiger partial charge in [-0.25, -0.2) is 0 Å². The molecule has 1 atom stereocenters. The third kappa shape index (κ3) is 4.19. The fraction of sp³-hybridized carbons (Fsp3) is 0.562. The van der Waals surface area contributed by atoms with Crippen molar-refractivity contribution in [2.75, 3.05) is 25.1 Å². The van der Waals surface area contributed by atoms with Gasteiger partial charge in [-0.15, -0.1) is 0 Å². The molecule has 1 fully saturated rings. The zero-order valence-corrected chi connectivity index (χ0v) is 13.5. The molecule has 126 valence electrons. The lowest BCUT2D eigenvalue weighted by Gasteiger charge is -2.33. The summed E-state index contributed by atoms with van der Waals surface area (Å²) in [6, 6.07) is 3.94. The highest BCUT2D eigenvalue weighted by atomic mass is 16.6. The van der Waals surface area contributed by atoms with E-state index in [1.807, 2.05) is 0 Å². The van der Waals surface area contributed by atoms with Crippen LogP contribution in [0.15, 0.2) is 18.2 Å². The van der Waals surface area contributed by atoms with Crippen LogP contribution in [0.4, 0.5) is 11.4 Å². The molecule has 0 radical (unpaired) electrons. The average molecular weight is 321 g/mol. The number of carbonyl (C=O) groups is 1. The van der Waals surface area contributed by atoms with Crippen molar-refractivity contribution in [2.24, 2.45) is 11.7 Å². The van der Waals surface area contributed by atoms with Gasteiger partial charge < -0.3 is 15.4 Å². The molecule has 2 rings (SSSR count). The normalized spacial score (nSPS) is 16.9. The van der Waals surface area contributed by atoms with Crippen molar-refractivity contribution in [3.8, 4) is 0 Å². The topological polar surface area (TPSA) is 98.7 Å². The Kier molecular flexibility index (Phi) is 5.54. The Bertz CT molecular complexity index is 583. The molecular weight excluding hydrogens is 298 g/mol. The first-order valence-corrected chi connectivity index (χ1v) is 7.78. The number of hydrogen-bond acceptors (Lipinski definition) is 6. The molecule has 1 aliphatic heterocycles. The molecule has 7 nitrogen and oxygen atoms in total. The van der Waals surface area contributed by atoms with Gasteiger partial charge in [0.25, 0.3) is 5.69 Å². The Labute approximate surface area is 135 Å². The predicted octanol–water partition coefficient (Wildman–Crippen LogP) is 1.87. The predicted molar refractivity (Wildman–Crippen MR) is 87.4 cm³/mol. The molecule has 1 aromatic rings. The summed E-state index contributed by atoms with van der Waals surface area (Å²) in [5.74, 6) is 0.166. The number of anilines is 1. The molecule has 0 saturated carbocycles. The summed E-state index contributed by atoms with van der Waals surface area (Å²) in [5, 5.41) is 11.0. The Morgan fingerprint density at radius 1 is 1.48 bits per heavy atom. The second-order valence-electron chi connectivity index (χ2n) is 6.07. The van der Waals surface area contributed by atoms with E-state index in [2.05, 4.69) is 16.6 Å². The number of nitro benzene ring substituents is 1. The maximum absolute atomic E-state index is 11.6. The smallest absolute Gasteiger partial charge is 0.322 e. The maximum Gasteiger partial charge on any atom is 0.322 e. The van der Waals surface area contributed by atoms with Crippen molar-refractivity contribution in [1.82, 2.24) is 0 Å². The van der Waals surface area contributed by atoms with Crippen LogP contribution in [-0.2, 0) is 16.0 Å². The summed E-state index contributed by atoms with van der Waals surface area (Å²) in [6.07, 6.45) is 2.38. The highest BCUT2D eigenvalue weighted by Gasteiger charge is 2.23. The van der Waals surface area contributed by atoms with E-state index in [-0.39, 0.29) is 12.1 Å². The molecule has 23 heavy (non-hydrogen) atoms. The lowest BCUT2D eigenvalue weighted by atomic mass is 9.96. The second-order valence-corrected chi connectivity index (χ2v) is 6.07. The van der Waals surface area contributed by atoms with Crippen LogP contribution in [0.2, 0.25) is 0 Å². The lowest BCUT2D eigenvalue weighted by molar-refractivity contribution is -0.384. The van der Waals surface area contributed by atoms with Gasteiger partial charge in [0.2, 0.25) is 0 Å². The number of hydrogen-bond donors (Lipinski definition) is 1. The minimum atomic E-state index is -0.829. The summed E-state index contributed by atoms with van der Waals surface area (Å²) in [5.41, 5.74) is 7.48. The number of nitrogens with zero attached hydrogens (tertiary/aromatic N) is 2. The molecule has 0 bridgehead atoms. The molecule has 7 heteroatoms. The summed E-state index contributed by atoms with van der Waals surface area (Å²) in [4.78, 5) is 24.4. The third-order valence-electron chi connectivity index (χ3n) is 4.34. The number of esters is 1. The molecule has 0 aromatic heterocycles. The third-order valence-corrected chi connectivity index (χ3v) is 4.34. The van der Waals surface area contributed by atoms with Crippen LogP contribution in [-0.4, -0.2) is 37.1 Å². The second kappa shape index (κ2) is 7.41. The van der Waals surface area contributed by atoms with Crippen LogP contribution in [0.5, 0.6) is 0 Å². The van der Waals surface area contributed by atoms with Crippen molar-refractivity contribution in [3.05, 3.63) is 33.9 Å². The van der Waals surface area contributed by atoms with Gasteiger partial charge in [0.05, 0.1) is 12.0 Å². The largest absolute Gasteiger partial charge is 0.468 e. The van der Waals surface area contributed by atoms with Crippen molar-refractivity contribution in [2.45, 2.75) is 32.2 Å². The molecule has 1 aliphatic rings. The molecule has 1 aromatic carbocycles. The Morgan fingerprint density at radius 3 is 2.70 bits per heavy atom. The van der Waals surface area contributed by atoms with Crippen molar-refractivity contribution >= 4 is 17.3 Å². The van der Waals surface area contributed by atoms with E-state index in [1.165, 1.54) is 19.2 Å². The van der Waals surface area contributed by atoms with E-state index in [0.717, 1.165) is 31.6 Å². The molecule has 1 unspecified atom stereocenters. The molecule has 1 saturated heterocycles. The molecule has 0 spiro atoms. The highest BCUT2D eigenvalue weighted by Crippen LogP contribution is 2.30. The summed E-state index contributed by atoms with van der Waals surface area (Å²) in [7, 11) is 1.28. The highest BCUT2D eigenvalue weighted by molar-refractivity contribution is 5.76. The van der Waals surface area contributed by atoms with Gasteiger partial charge in [-0.3, -0.25) is 14.9 Å². The number of carbonyl (C=O) groups excluding carboxylic acids is 1. The van der Waals surface area contributed by atoms with Gasteiger partial charge in [-0.1, -0.05) is 6.92 Å². The fourth-order valence-corrected chi connectivity index (χ4v) is 2.88. The number of ether oxygens (including phenoxy) is 1. The number of nitrogens with two attached hydrogens (primary N) is 1. The van der Waals surface area contributed by atoms with Crippen molar-refractivity contribution in [1.29, 1.82) is 0 Å². The number of methoxy groups -OCH3 is 1. The van der Waals surface area contributed by atoms with E-state index in [1.54, 1.807) is 6.07 Å². The van der Waals surface area contributed by atoms with E-state index in [4.69, 9.17) is 5.73 Å². The summed E-state index contributed by atoms with van der Waals surface area (Å²) in [6.45, 7) is 4.03. The number of piperidine rings is 1.